The van der Waals surface area contributed by atoms with Crippen LogP contribution >= 0.6 is 11.3 Å². The number of hydrazone groups is 1. The minimum atomic E-state index is -0.431. The fourth-order valence-electron chi connectivity index (χ4n) is 2.78. The lowest BCUT2D eigenvalue weighted by Gasteiger charge is -2.02. The van der Waals surface area contributed by atoms with Crippen LogP contribution in [0.2, 0.25) is 0 Å². The van der Waals surface area contributed by atoms with Gasteiger partial charge in [-0.25, -0.2) is 9.97 Å². The molecule has 8 heteroatoms. The summed E-state index contributed by atoms with van der Waals surface area (Å²) in [6.07, 6.45) is 1.42. The van der Waals surface area contributed by atoms with Gasteiger partial charge in [-0.15, -0.1) is 11.3 Å². The molecule has 2 aromatic carbocycles. The Kier molecular flexibility index (Phi) is 4.77. The first-order valence-corrected chi connectivity index (χ1v) is 9.29. The Morgan fingerprint density at radius 1 is 1.11 bits per heavy atom. The van der Waals surface area contributed by atoms with Gasteiger partial charge in [-0.1, -0.05) is 42.5 Å². The molecule has 0 bridgehead atoms. The number of hydrogen-bond donors (Lipinski definition) is 1. The second-order valence-corrected chi connectivity index (χ2v) is 7.03. The van der Waals surface area contributed by atoms with Crippen molar-refractivity contribution in [3.8, 4) is 10.4 Å². The molecule has 28 heavy (non-hydrogen) atoms. The maximum Gasteiger partial charge on any atom is 0.278 e. The maximum atomic E-state index is 11.1. The SMILES string of the molecule is Cc1nc(NN=Cc2ccccc2[N+](=O)[O-])c2cc(-c3ccccc3)sc2n1. The Labute approximate surface area is 164 Å². The summed E-state index contributed by atoms with van der Waals surface area (Å²) in [7, 11) is 0. The van der Waals surface area contributed by atoms with Gasteiger partial charge in [0.05, 0.1) is 22.1 Å². The van der Waals surface area contributed by atoms with Gasteiger partial charge >= 0.3 is 0 Å². The van der Waals surface area contributed by atoms with E-state index in [-0.39, 0.29) is 5.69 Å². The first-order chi connectivity index (χ1) is 13.6. The Balaban J connectivity index is 1.67. The van der Waals surface area contributed by atoms with Crippen molar-refractivity contribution in [1.29, 1.82) is 0 Å². The Bertz CT molecular complexity index is 1190. The average molecular weight is 389 g/mol. The third-order valence-corrected chi connectivity index (χ3v) is 5.15. The molecule has 0 unspecified atom stereocenters. The number of fused-ring (bicyclic) bond motifs is 1. The zero-order valence-electron chi connectivity index (χ0n) is 14.9. The summed E-state index contributed by atoms with van der Waals surface area (Å²) in [4.78, 5) is 21.6. The summed E-state index contributed by atoms with van der Waals surface area (Å²) in [5.41, 5.74) is 4.43. The van der Waals surface area contributed by atoms with E-state index in [1.165, 1.54) is 12.3 Å². The smallest absolute Gasteiger partial charge is 0.261 e. The molecule has 138 valence electrons. The standard InChI is InChI=1S/C20H15N5O2S/c1-13-22-19(24-21-12-15-9-5-6-10-17(15)25(26)27)16-11-18(28-20(16)23-13)14-7-3-2-4-8-14/h2-12H,1H3,(H,22,23,24). The summed E-state index contributed by atoms with van der Waals surface area (Å²) in [5.74, 6) is 1.19. The van der Waals surface area contributed by atoms with E-state index in [9.17, 15) is 10.1 Å². The number of nitrogens with zero attached hydrogens (tertiary/aromatic N) is 4. The van der Waals surface area contributed by atoms with E-state index in [1.807, 2.05) is 43.3 Å². The maximum absolute atomic E-state index is 11.1. The lowest BCUT2D eigenvalue weighted by Crippen LogP contribution is -1.99. The molecule has 0 amide bonds. The van der Waals surface area contributed by atoms with Crippen LogP contribution < -0.4 is 5.43 Å². The lowest BCUT2D eigenvalue weighted by atomic mass is 10.2. The van der Waals surface area contributed by atoms with E-state index in [0.717, 1.165) is 20.7 Å². The first-order valence-electron chi connectivity index (χ1n) is 8.48. The van der Waals surface area contributed by atoms with Crippen molar-refractivity contribution in [1.82, 2.24) is 9.97 Å². The molecule has 0 aliphatic heterocycles. The molecule has 2 aromatic heterocycles. The Morgan fingerprint density at radius 2 is 1.86 bits per heavy atom. The monoisotopic (exact) mass is 389 g/mol. The summed E-state index contributed by atoms with van der Waals surface area (Å²) < 4.78 is 0. The van der Waals surface area contributed by atoms with Crippen LogP contribution in [0.5, 0.6) is 0 Å². The zero-order chi connectivity index (χ0) is 19.5. The van der Waals surface area contributed by atoms with Crippen molar-refractivity contribution in [2.45, 2.75) is 6.92 Å². The van der Waals surface area contributed by atoms with Crippen LogP contribution in [-0.4, -0.2) is 21.1 Å². The molecule has 4 aromatic rings. The zero-order valence-corrected chi connectivity index (χ0v) is 15.7. The molecule has 0 radical (unpaired) electrons. The molecular weight excluding hydrogens is 374 g/mol. The summed E-state index contributed by atoms with van der Waals surface area (Å²) in [5, 5.41) is 16.1. The Morgan fingerprint density at radius 3 is 2.64 bits per heavy atom. The Hall–Kier alpha value is -3.65. The number of rotatable bonds is 5. The fraction of sp³-hybridized carbons (Fsp3) is 0.0500. The van der Waals surface area contributed by atoms with Gasteiger partial charge in [-0.3, -0.25) is 15.5 Å². The molecule has 0 saturated carbocycles. The van der Waals surface area contributed by atoms with Crippen LogP contribution in [0.1, 0.15) is 11.4 Å². The average Bonchev–Trinajstić information content (AvgIpc) is 3.13. The van der Waals surface area contributed by atoms with Crippen LogP contribution in [0, 0.1) is 17.0 Å². The van der Waals surface area contributed by atoms with Crippen molar-refractivity contribution in [3.05, 3.63) is 82.2 Å². The number of hydrogen-bond acceptors (Lipinski definition) is 7. The summed E-state index contributed by atoms with van der Waals surface area (Å²) in [6.45, 7) is 1.82. The second-order valence-electron chi connectivity index (χ2n) is 6.00. The normalized spacial score (nSPS) is 11.2. The molecule has 0 atom stereocenters. The van der Waals surface area contributed by atoms with Crippen molar-refractivity contribution in [3.63, 3.8) is 0 Å². The van der Waals surface area contributed by atoms with Crippen LogP contribution in [0.25, 0.3) is 20.7 Å². The van der Waals surface area contributed by atoms with Gasteiger partial charge in [0, 0.05) is 10.9 Å². The van der Waals surface area contributed by atoms with E-state index >= 15 is 0 Å². The van der Waals surface area contributed by atoms with Gasteiger partial charge in [0.25, 0.3) is 5.69 Å². The predicted molar refractivity (Wildman–Crippen MR) is 112 cm³/mol. The number of anilines is 1. The van der Waals surface area contributed by atoms with Gasteiger partial charge in [0.15, 0.2) is 5.82 Å². The van der Waals surface area contributed by atoms with Gasteiger partial charge in [0.1, 0.15) is 10.7 Å². The lowest BCUT2D eigenvalue weighted by molar-refractivity contribution is -0.385. The predicted octanol–water partition coefficient (Wildman–Crippen LogP) is 5.02. The summed E-state index contributed by atoms with van der Waals surface area (Å²) in [6, 6.07) is 18.5. The molecule has 0 saturated heterocycles. The minimum Gasteiger partial charge on any atom is -0.261 e. The fourth-order valence-corrected chi connectivity index (χ4v) is 3.87. The van der Waals surface area contributed by atoms with Crippen molar-refractivity contribution >= 4 is 39.3 Å². The number of para-hydroxylation sites is 1. The van der Waals surface area contributed by atoms with E-state index in [1.54, 1.807) is 29.5 Å². The van der Waals surface area contributed by atoms with E-state index < -0.39 is 4.92 Å². The van der Waals surface area contributed by atoms with Crippen molar-refractivity contribution < 1.29 is 4.92 Å². The number of benzene rings is 2. The van der Waals surface area contributed by atoms with E-state index in [4.69, 9.17) is 0 Å². The minimum absolute atomic E-state index is 0.000961. The van der Waals surface area contributed by atoms with Gasteiger partial charge in [-0.2, -0.15) is 5.10 Å². The van der Waals surface area contributed by atoms with Crippen LogP contribution in [-0.2, 0) is 0 Å². The molecular formula is C20H15N5O2S. The molecule has 1 N–H and O–H groups in total. The van der Waals surface area contributed by atoms with Gasteiger partial charge in [-0.05, 0) is 24.6 Å². The quantitative estimate of drug-likeness (QED) is 0.294. The number of nitro groups is 1. The van der Waals surface area contributed by atoms with E-state index in [2.05, 4.69) is 20.5 Å². The van der Waals surface area contributed by atoms with Gasteiger partial charge in [0.2, 0.25) is 0 Å². The van der Waals surface area contributed by atoms with Crippen molar-refractivity contribution in [2.75, 3.05) is 5.43 Å². The number of thiophene rings is 1. The highest BCUT2D eigenvalue weighted by molar-refractivity contribution is 7.21. The van der Waals surface area contributed by atoms with Crippen molar-refractivity contribution in [2.24, 2.45) is 5.10 Å². The highest BCUT2D eigenvalue weighted by Gasteiger charge is 2.12. The largest absolute Gasteiger partial charge is 0.278 e. The molecule has 7 nitrogen and oxygen atoms in total. The first kappa shape index (κ1) is 17.7. The third-order valence-electron chi connectivity index (χ3n) is 4.07. The highest BCUT2D eigenvalue weighted by atomic mass is 32.1. The molecule has 0 spiro atoms. The summed E-state index contributed by atoms with van der Waals surface area (Å²) >= 11 is 1.58. The van der Waals surface area contributed by atoms with E-state index in [0.29, 0.717) is 17.2 Å². The van der Waals surface area contributed by atoms with Crippen LogP contribution in [0.3, 0.4) is 0 Å². The number of nitro benzene ring substituents is 1. The van der Waals surface area contributed by atoms with Crippen LogP contribution in [0.15, 0.2) is 65.8 Å². The van der Waals surface area contributed by atoms with Gasteiger partial charge < -0.3 is 0 Å². The number of aromatic nitrogens is 2. The third kappa shape index (κ3) is 3.58. The molecule has 4 rings (SSSR count). The highest BCUT2D eigenvalue weighted by Crippen LogP contribution is 2.35. The molecule has 0 fully saturated rings. The second kappa shape index (κ2) is 7.53. The van der Waals surface area contributed by atoms with Crippen LogP contribution in [0.4, 0.5) is 11.5 Å². The number of aryl methyl sites for hydroxylation is 1. The molecule has 0 aliphatic carbocycles. The number of nitrogens with one attached hydrogen (secondary N) is 1. The molecule has 0 aliphatic rings. The molecule has 2 heterocycles. The topological polar surface area (TPSA) is 93.3 Å².